The van der Waals surface area contributed by atoms with Crippen molar-refractivity contribution >= 4 is 16.1 Å². The molecule has 8 fully saturated rings. The van der Waals surface area contributed by atoms with Crippen molar-refractivity contribution in [2.75, 3.05) is 0 Å². The van der Waals surface area contributed by atoms with Crippen LogP contribution in [0.5, 0.6) is 0 Å². The van der Waals surface area contributed by atoms with Gasteiger partial charge in [0.25, 0.3) is 10.1 Å². The topological polar surface area (TPSA) is 188 Å². The van der Waals surface area contributed by atoms with Gasteiger partial charge in [-0.1, -0.05) is 50.7 Å². The Labute approximate surface area is 278 Å². The summed E-state index contributed by atoms with van der Waals surface area (Å²) in [6.07, 6.45) is 17.6. The molecule has 5 aliphatic heterocycles. The molecule has 14 heteroatoms. The largest absolute Gasteiger partial charge is 0.481 e. The van der Waals surface area contributed by atoms with Crippen LogP contribution in [0.25, 0.3) is 0 Å². The first-order valence-corrected chi connectivity index (χ1v) is 20.2. The second-order valence-corrected chi connectivity index (χ2v) is 17.9. The van der Waals surface area contributed by atoms with E-state index in [1.54, 1.807) is 0 Å². The molecule has 8 bridgehead atoms. The highest BCUT2D eigenvalue weighted by Crippen LogP contribution is 2.46. The van der Waals surface area contributed by atoms with Crippen molar-refractivity contribution in [3.8, 4) is 0 Å². The van der Waals surface area contributed by atoms with E-state index < -0.39 is 39.3 Å². The van der Waals surface area contributed by atoms with Crippen LogP contribution < -0.4 is 42.5 Å². The van der Waals surface area contributed by atoms with Crippen LogP contribution in [0.3, 0.4) is 0 Å². The van der Waals surface area contributed by atoms with Gasteiger partial charge in [-0.2, -0.15) is 8.42 Å². The predicted molar refractivity (Wildman–Crippen MR) is 174 cm³/mol. The van der Waals surface area contributed by atoms with E-state index in [0.717, 1.165) is 25.7 Å². The van der Waals surface area contributed by atoms with Gasteiger partial charge in [0.05, 0.1) is 55.2 Å². The quantitative estimate of drug-likeness (QED) is 0.145. The van der Waals surface area contributed by atoms with E-state index in [1.807, 2.05) is 6.08 Å². The van der Waals surface area contributed by atoms with Crippen molar-refractivity contribution in [1.82, 2.24) is 42.5 Å². The first kappa shape index (κ1) is 31.8. The minimum Gasteiger partial charge on any atom is -0.481 e. The van der Waals surface area contributed by atoms with Gasteiger partial charge in [0.15, 0.2) is 0 Å². The van der Waals surface area contributed by atoms with Gasteiger partial charge in [0.2, 0.25) is 0 Å². The molecule has 10 N–H and O–H groups in total. The van der Waals surface area contributed by atoms with Crippen molar-refractivity contribution in [3.05, 3.63) is 12.2 Å². The summed E-state index contributed by atoms with van der Waals surface area (Å²) in [5.74, 6) is -0.649. The summed E-state index contributed by atoms with van der Waals surface area (Å²) in [7, 11) is -4.68. The molecule has 4 aliphatic carbocycles. The second-order valence-electron chi connectivity index (χ2n) is 16.4. The summed E-state index contributed by atoms with van der Waals surface area (Å²) >= 11 is 0. The highest BCUT2D eigenvalue weighted by Gasteiger charge is 2.58. The molecule has 0 aromatic heterocycles. The Morgan fingerprint density at radius 2 is 0.830 bits per heavy atom. The zero-order valence-corrected chi connectivity index (χ0v) is 27.9. The number of hydrogen-bond donors (Lipinski definition) is 10. The molecule has 262 valence electrons. The van der Waals surface area contributed by atoms with E-state index in [0.29, 0.717) is 35.5 Å². The molecule has 0 aromatic rings. The Morgan fingerprint density at radius 3 is 1.17 bits per heavy atom. The maximum absolute atomic E-state index is 13.0. The van der Waals surface area contributed by atoms with Gasteiger partial charge >= 0.3 is 5.97 Å². The van der Waals surface area contributed by atoms with Crippen molar-refractivity contribution < 1.29 is 22.9 Å². The lowest BCUT2D eigenvalue weighted by Crippen LogP contribution is -2.62. The van der Waals surface area contributed by atoms with Crippen LogP contribution in [0.1, 0.15) is 77.0 Å². The fourth-order valence-electron chi connectivity index (χ4n) is 12.2. The average Bonchev–Trinajstić information content (AvgIpc) is 3.79. The van der Waals surface area contributed by atoms with Crippen LogP contribution in [0.4, 0.5) is 0 Å². The monoisotopic (exact) mass is 674 g/mol. The minimum absolute atomic E-state index is 0.0200. The van der Waals surface area contributed by atoms with Gasteiger partial charge in [-0.3, -0.25) is 51.9 Å². The zero-order chi connectivity index (χ0) is 32.0. The van der Waals surface area contributed by atoms with Gasteiger partial charge in [-0.25, -0.2) is 0 Å². The number of carboxylic acids is 1. The van der Waals surface area contributed by atoms with Crippen LogP contribution in [-0.4, -0.2) is 78.6 Å². The number of carboxylic acid groups (broad SMARTS) is 1. The van der Waals surface area contributed by atoms with Gasteiger partial charge in [-0.05, 0) is 74.0 Å². The van der Waals surface area contributed by atoms with Gasteiger partial charge in [-0.15, -0.1) is 0 Å². The summed E-state index contributed by atoms with van der Waals surface area (Å²) in [6.45, 7) is 0. The number of carbonyl (C=O) groups is 1. The van der Waals surface area contributed by atoms with Crippen molar-refractivity contribution in [1.29, 1.82) is 0 Å². The Balaban J connectivity index is 1.10. The Hall–Kier alpha value is -1.20. The lowest BCUT2D eigenvalue weighted by molar-refractivity contribution is -0.140. The molecule has 5 heterocycles. The van der Waals surface area contributed by atoms with Crippen LogP contribution in [-0.2, 0) is 14.9 Å². The van der Waals surface area contributed by atoms with Gasteiger partial charge in [0, 0.05) is 11.8 Å². The fraction of sp³-hybridized carbons (Fsp3) is 0.909. The molecule has 47 heavy (non-hydrogen) atoms. The van der Waals surface area contributed by atoms with Crippen molar-refractivity contribution in [3.63, 3.8) is 0 Å². The molecule has 9 rings (SSSR count). The Morgan fingerprint density at radius 1 is 0.511 bits per heavy atom. The molecule has 18 atom stereocenters. The fourth-order valence-corrected chi connectivity index (χ4v) is 13.5. The number of hydrogen-bond acceptors (Lipinski definition) is 11. The average molecular weight is 675 g/mol. The molecule has 0 spiro atoms. The second kappa shape index (κ2) is 12.2. The summed E-state index contributed by atoms with van der Waals surface area (Å²) in [4.78, 5) is 12.4. The van der Waals surface area contributed by atoms with Crippen LogP contribution in [0.2, 0.25) is 0 Å². The molecule has 13 nitrogen and oxygen atoms in total. The number of fused-ring (bicyclic) bond motifs is 20. The maximum Gasteiger partial charge on any atom is 0.311 e. The van der Waals surface area contributed by atoms with E-state index in [4.69, 9.17) is 0 Å². The Bertz CT molecular complexity index is 1350. The van der Waals surface area contributed by atoms with Gasteiger partial charge < -0.3 is 5.11 Å². The first-order valence-electron chi connectivity index (χ1n) is 18.7. The van der Waals surface area contributed by atoms with E-state index in [2.05, 4.69) is 42.5 Å². The predicted octanol–water partition coefficient (Wildman–Crippen LogP) is 0.559. The van der Waals surface area contributed by atoms with Crippen LogP contribution in [0, 0.1) is 53.3 Å². The normalized spacial score (nSPS) is 53.9. The number of aliphatic carboxylic acids is 1. The smallest absolute Gasteiger partial charge is 0.311 e. The molecular weight excluding hydrogens is 620 g/mol. The molecular formula is C33H54N8O5S. The first-order chi connectivity index (χ1) is 22.7. The van der Waals surface area contributed by atoms with E-state index in [-0.39, 0.29) is 49.1 Å². The molecule has 9 aliphatic rings. The van der Waals surface area contributed by atoms with E-state index in [1.165, 1.54) is 57.4 Å². The van der Waals surface area contributed by atoms with E-state index >= 15 is 0 Å². The highest BCUT2D eigenvalue weighted by molar-refractivity contribution is 7.86. The lowest BCUT2D eigenvalue weighted by atomic mass is 9.76. The summed E-state index contributed by atoms with van der Waals surface area (Å²) < 4.78 is 36.7. The summed E-state index contributed by atoms with van der Waals surface area (Å²) in [6, 6.07) is 0. The summed E-state index contributed by atoms with van der Waals surface area (Å²) in [5.41, 5.74) is 0. The third kappa shape index (κ3) is 5.44. The number of rotatable bonds is 2. The maximum atomic E-state index is 13.0. The third-order valence-corrected chi connectivity index (χ3v) is 15.5. The zero-order valence-electron chi connectivity index (χ0n) is 27.1. The molecule has 0 radical (unpaired) electrons. The summed E-state index contributed by atoms with van der Waals surface area (Å²) in [5, 5.41) is 40.3. The van der Waals surface area contributed by atoms with Gasteiger partial charge in [0.1, 0.15) is 5.25 Å². The molecule has 0 aromatic carbocycles. The standard InChI is InChI=1S/C33H54N8O5S/c42-33(43)22-14-13-21-23(24(22)47(44,45)46)32-40-30-20-12-6-5-11-19(20)28(38-30)36-26-16-8-2-1-7-15(16)25(34-26)35-27-17-9-3-4-10-18(17)29(37-27)39-31(21)41-32/h13-32,34-41H,1-12H2,(H,42,43)(H,44,45,46). The highest BCUT2D eigenvalue weighted by atomic mass is 32.2. The molecule has 3 saturated carbocycles. The molecule has 0 amide bonds. The minimum atomic E-state index is -4.68. The molecule has 18 unspecified atom stereocenters. The Kier molecular flexibility index (Phi) is 8.27. The third-order valence-electron chi connectivity index (χ3n) is 14.2. The van der Waals surface area contributed by atoms with Crippen molar-refractivity contribution in [2.45, 2.75) is 132 Å². The van der Waals surface area contributed by atoms with Crippen LogP contribution >= 0.6 is 0 Å². The van der Waals surface area contributed by atoms with E-state index in [9.17, 15) is 22.9 Å². The van der Waals surface area contributed by atoms with Crippen LogP contribution in [0.15, 0.2) is 12.2 Å². The van der Waals surface area contributed by atoms with Crippen molar-refractivity contribution in [2.24, 2.45) is 53.3 Å². The molecule has 5 saturated heterocycles. The SMILES string of the molecule is O=C(O)C1C=CC2C3NC4NC(NC5NC(NC6NC(NC(N3)C2C1S(=O)(=O)O)C1CCCCC61)C1CCCCC51)C1CCCCC41. The number of nitrogens with one attached hydrogen (secondary N) is 8. The lowest BCUT2D eigenvalue weighted by Gasteiger charge is -2.37.